The molecule has 0 aliphatic rings. The van der Waals surface area contributed by atoms with Crippen molar-refractivity contribution >= 4 is 12.0 Å². The van der Waals surface area contributed by atoms with Crippen molar-refractivity contribution in [2.45, 2.75) is 20.8 Å². The zero-order chi connectivity index (χ0) is 15.0. The highest BCUT2D eigenvalue weighted by Gasteiger charge is 2.06. The van der Waals surface area contributed by atoms with E-state index in [0.717, 1.165) is 11.3 Å². The molecule has 4 heteroatoms. The molecule has 0 saturated carbocycles. The predicted molar refractivity (Wildman–Crippen MR) is 81.1 cm³/mol. The van der Waals surface area contributed by atoms with Gasteiger partial charge in [0.25, 0.3) is 0 Å². The van der Waals surface area contributed by atoms with Gasteiger partial charge in [-0.25, -0.2) is 0 Å². The molecular weight excluding hydrogens is 254 g/mol. The second-order valence-electron chi connectivity index (χ2n) is 4.26. The lowest BCUT2D eigenvalue weighted by Crippen LogP contribution is -2.23. The van der Waals surface area contributed by atoms with Crippen molar-refractivity contribution in [1.82, 2.24) is 4.90 Å². The smallest absolute Gasteiger partial charge is 0.246 e. The van der Waals surface area contributed by atoms with Crippen molar-refractivity contribution in [3.05, 3.63) is 29.8 Å². The van der Waals surface area contributed by atoms with Crippen LogP contribution in [0.3, 0.4) is 0 Å². The minimum atomic E-state index is -0.0145. The third kappa shape index (κ3) is 4.61. The number of ether oxygens (including phenoxy) is 2. The lowest BCUT2D eigenvalue weighted by molar-refractivity contribution is -0.124. The Morgan fingerprint density at radius 3 is 2.40 bits per heavy atom. The first-order chi connectivity index (χ1) is 9.62. The molecule has 0 N–H and O–H groups in total. The summed E-state index contributed by atoms with van der Waals surface area (Å²) in [7, 11) is 1.77. The number of hydrogen-bond acceptors (Lipinski definition) is 3. The summed E-state index contributed by atoms with van der Waals surface area (Å²) in [6.07, 6.45) is 3.35. The second-order valence-corrected chi connectivity index (χ2v) is 4.26. The molecule has 0 heterocycles. The zero-order valence-corrected chi connectivity index (χ0v) is 12.7. The quantitative estimate of drug-likeness (QED) is 0.719. The van der Waals surface area contributed by atoms with Crippen LogP contribution in [0.4, 0.5) is 0 Å². The topological polar surface area (TPSA) is 38.8 Å². The molecule has 0 fully saturated rings. The van der Waals surface area contributed by atoms with Crippen molar-refractivity contribution < 1.29 is 14.3 Å². The van der Waals surface area contributed by atoms with Gasteiger partial charge in [0.05, 0.1) is 13.2 Å². The molecule has 0 aliphatic carbocycles. The van der Waals surface area contributed by atoms with Gasteiger partial charge in [-0.2, -0.15) is 0 Å². The molecule has 0 saturated heterocycles. The van der Waals surface area contributed by atoms with Gasteiger partial charge in [0.1, 0.15) is 0 Å². The molecule has 0 atom stereocenters. The van der Waals surface area contributed by atoms with Crippen LogP contribution in [0.25, 0.3) is 6.08 Å². The van der Waals surface area contributed by atoms with E-state index in [1.54, 1.807) is 24.1 Å². The van der Waals surface area contributed by atoms with Gasteiger partial charge >= 0.3 is 0 Å². The largest absolute Gasteiger partial charge is 0.490 e. The van der Waals surface area contributed by atoms with Crippen LogP contribution in [0.5, 0.6) is 11.5 Å². The Labute approximate surface area is 121 Å². The molecule has 0 aromatic heterocycles. The van der Waals surface area contributed by atoms with E-state index < -0.39 is 0 Å². The van der Waals surface area contributed by atoms with E-state index in [9.17, 15) is 4.79 Å². The Bertz CT molecular complexity index is 469. The van der Waals surface area contributed by atoms with Gasteiger partial charge in [0.15, 0.2) is 11.5 Å². The van der Waals surface area contributed by atoms with E-state index in [1.807, 2.05) is 39.0 Å². The average Bonchev–Trinajstić information content (AvgIpc) is 2.46. The summed E-state index contributed by atoms with van der Waals surface area (Å²) < 4.78 is 11.1. The highest BCUT2D eigenvalue weighted by molar-refractivity contribution is 5.91. The maximum absolute atomic E-state index is 11.7. The molecule has 1 amide bonds. The fourth-order valence-electron chi connectivity index (χ4n) is 1.62. The van der Waals surface area contributed by atoms with Crippen LogP contribution >= 0.6 is 0 Å². The molecule has 1 rings (SSSR count). The number of carbonyl (C=O) groups excluding carboxylic acids is 1. The van der Waals surface area contributed by atoms with E-state index >= 15 is 0 Å². The number of carbonyl (C=O) groups is 1. The first-order valence-corrected chi connectivity index (χ1v) is 6.95. The summed E-state index contributed by atoms with van der Waals surface area (Å²) in [5, 5.41) is 0. The van der Waals surface area contributed by atoms with E-state index in [0.29, 0.717) is 25.5 Å². The number of amides is 1. The first-order valence-electron chi connectivity index (χ1n) is 6.95. The van der Waals surface area contributed by atoms with E-state index in [1.165, 1.54) is 0 Å². The third-order valence-corrected chi connectivity index (χ3v) is 2.84. The fraction of sp³-hybridized carbons (Fsp3) is 0.438. The molecule has 0 radical (unpaired) electrons. The summed E-state index contributed by atoms with van der Waals surface area (Å²) in [5.41, 5.74) is 0.912. The van der Waals surface area contributed by atoms with Crippen LogP contribution in [0.15, 0.2) is 24.3 Å². The van der Waals surface area contributed by atoms with Gasteiger partial charge in [-0.1, -0.05) is 6.07 Å². The summed E-state index contributed by atoms with van der Waals surface area (Å²) in [4.78, 5) is 13.4. The molecule has 20 heavy (non-hydrogen) atoms. The van der Waals surface area contributed by atoms with Gasteiger partial charge in [0, 0.05) is 19.7 Å². The lowest BCUT2D eigenvalue weighted by Gasteiger charge is -2.12. The molecule has 0 bridgehead atoms. The van der Waals surface area contributed by atoms with Crippen molar-refractivity contribution in [1.29, 1.82) is 0 Å². The summed E-state index contributed by atoms with van der Waals surface area (Å²) in [5.74, 6) is 1.41. The Morgan fingerprint density at radius 1 is 1.15 bits per heavy atom. The minimum absolute atomic E-state index is 0.0145. The minimum Gasteiger partial charge on any atom is -0.490 e. The molecule has 4 nitrogen and oxygen atoms in total. The van der Waals surface area contributed by atoms with Crippen LogP contribution in [0, 0.1) is 0 Å². The SMILES string of the molecule is CCOc1ccc(/C=C/C(=O)N(C)CC)cc1OCC. The van der Waals surface area contributed by atoms with Gasteiger partial charge < -0.3 is 14.4 Å². The van der Waals surface area contributed by atoms with E-state index in [-0.39, 0.29) is 5.91 Å². The van der Waals surface area contributed by atoms with E-state index in [2.05, 4.69) is 0 Å². The van der Waals surface area contributed by atoms with Crippen LogP contribution in [0.2, 0.25) is 0 Å². The fourth-order valence-corrected chi connectivity index (χ4v) is 1.62. The zero-order valence-electron chi connectivity index (χ0n) is 12.7. The number of rotatable bonds is 7. The molecular formula is C16H23NO3. The first kappa shape index (κ1) is 16.1. The van der Waals surface area contributed by atoms with Gasteiger partial charge in [0.2, 0.25) is 5.91 Å². The van der Waals surface area contributed by atoms with Gasteiger partial charge in [-0.3, -0.25) is 4.79 Å². The van der Waals surface area contributed by atoms with Crippen molar-refractivity contribution in [3.8, 4) is 11.5 Å². The Kier molecular flexibility index (Phi) is 6.64. The summed E-state index contributed by atoms with van der Waals surface area (Å²) in [6, 6.07) is 5.65. The van der Waals surface area contributed by atoms with Gasteiger partial charge in [-0.15, -0.1) is 0 Å². The highest BCUT2D eigenvalue weighted by atomic mass is 16.5. The third-order valence-electron chi connectivity index (χ3n) is 2.84. The van der Waals surface area contributed by atoms with Crippen molar-refractivity contribution in [3.63, 3.8) is 0 Å². The maximum Gasteiger partial charge on any atom is 0.246 e. The number of nitrogens with zero attached hydrogens (tertiary/aromatic N) is 1. The number of likely N-dealkylation sites (N-methyl/N-ethyl adjacent to an activating group) is 1. The summed E-state index contributed by atoms with van der Waals surface area (Å²) >= 11 is 0. The lowest BCUT2D eigenvalue weighted by atomic mass is 10.2. The predicted octanol–water partition coefficient (Wildman–Crippen LogP) is 2.98. The van der Waals surface area contributed by atoms with Crippen molar-refractivity contribution in [2.75, 3.05) is 26.8 Å². The standard InChI is InChI=1S/C16H23NO3/c1-5-17(4)16(18)11-9-13-8-10-14(19-6-2)15(12-13)20-7-3/h8-12H,5-7H2,1-4H3/b11-9+. The highest BCUT2D eigenvalue weighted by Crippen LogP contribution is 2.28. The molecule has 0 unspecified atom stereocenters. The van der Waals surface area contributed by atoms with Crippen LogP contribution in [-0.2, 0) is 4.79 Å². The molecule has 0 spiro atoms. The van der Waals surface area contributed by atoms with Crippen LogP contribution in [0.1, 0.15) is 26.3 Å². The van der Waals surface area contributed by atoms with Crippen LogP contribution < -0.4 is 9.47 Å². The number of hydrogen-bond donors (Lipinski definition) is 0. The maximum atomic E-state index is 11.7. The summed E-state index contributed by atoms with van der Waals surface area (Å²) in [6.45, 7) is 7.66. The Hall–Kier alpha value is -1.97. The molecule has 1 aromatic rings. The molecule has 0 aliphatic heterocycles. The van der Waals surface area contributed by atoms with Crippen LogP contribution in [-0.4, -0.2) is 37.6 Å². The van der Waals surface area contributed by atoms with E-state index in [4.69, 9.17) is 9.47 Å². The van der Waals surface area contributed by atoms with Crippen molar-refractivity contribution in [2.24, 2.45) is 0 Å². The monoisotopic (exact) mass is 277 g/mol. The normalized spacial score (nSPS) is 10.6. The average molecular weight is 277 g/mol. The Balaban J connectivity index is 2.88. The number of benzene rings is 1. The molecule has 1 aromatic carbocycles. The second kappa shape index (κ2) is 8.25. The van der Waals surface area contributed by atoms with Gasteiger partial charge in [-0.05, 0) is 44.5 Å². The molecule has 110 valence electrons. The Morgan fingerprint density at radius 2 is 1.80 bits per heavy atom.